The van der Waals surface area contributed by atoms with Crippen molar-refractivity contribution in [3.05, 3.63) is 35.4 Å². The van der Waals surface area contributed by atoms with Crippen LogP contribution in [0, 0.1) is 17.0 Å². The van der Waals surface area contributed by atoms with Gasteiger partial charge in [-0.15, -0.1) is 0 Å². The number of carbonyl (C=O) groups excluding carboxylic acids is 1. The second-order valence-electron chi connectivity index (χ2n) is 7.58. The zero-order valence-corrected chi connectivity index (χ0v) is 14.5. The molecule has 0 saturated heterocycles. The fourth-order valence-corrected chi connectivity index (χ4v) is 3.32. The second-order valence-corrected chi connectivity index (χ2v) is 7.58. The summed E-state index contributed by atoms with van der Waals surface area (Å²) in [5.74, 6) is -1.26. The van der Waals surface area contributed by atoms with Crippen LogP contribution in [0.2, 0.25) is 0 Å². The van der Waals surface area contributed by atoms with Crippen LogP contribution in [0.25, 0.3) is 0 Å². The minimum atomic E-state index is -0.768. The van der Waals surface area contributed by atoms with E-state index in [9.17, 15) is 18.7 Å². The van der Waals surface area contributed by atoms with Crippen molar-refractivity contribution < 1.29 is 18.7 Å². The first-order valence-electron chi connectivity index (χ1n) is 8.33. The lowest BCUT2D eigenvalue weighted by molar-refractivity contribution is 0.126. The zero-order valence-electron chi connectivity index (χ0n) is 14.5. The van der Waals surface area contributed by atoms with Crippen LogP contribution in [0.5, 0.6) is 0 Å². The minimum Gasteiger partial charge on any atom is -0.393 e. The van der Waals surface area contributed by atoms with Crippen LogP contribution < -0.4 is 10.6 Å². The molecule has 1 fully saturated rings. The molecular weight excluding hydrogens is 314 g/mol. The number of halogens is 2. The van der Waals surface area contributed by atoms with Gasteiger partial charge in [-0.25, -0.2) is 13.6 Å². The van der Waals surface area contributed by atoms with Crippen LogP contribution in [0.15, 0.2) is 18.2 Å². The molecule has 2 rings (SSSR count). The van der Waals surface area contributed by atoms with Crippen LogP contribution in [0.3, 0.4) is 0 Å². The van der Waals surface area contributed by atoms with E-state index in [1.807, 2.05) is 13.8 Å². The number of benzene rings is 1. The molecule has 1 unspecified atom stereocenters. The Hall–Kier alpha value is -1.69. The molecule has 0 radical (unpaired) electrons. The molecule has 3 N–H and O–H groups in total. The van der Waals surface area contributed by atoms with Crippen molar-refractivity contribution in [1.29, 1.82) is 0 Å². The summed E-state index contributed by atoms with van der Waals surface area (Å²) in [5, 5.41) is 15.1. The predicted octanol–water partition coefficient (Wildman–Crippen LogP) is 3.44. The molecule has 0 bridgehead atoms. The summed E-state index contributed by atoms with van der Waals surface area (Å²) < 4.78 is 27.2. The fourth-order valence-electron chi connectivity index (χ4n) is 3.32. The number of rotatable bonds is 6. The average Bonchev–Trinajstić information content (AvgIpc) is 2.40. The summed E-state index contributed by atoms with van der Waals surface area (Å²) in [6.45, 7) is 6.02. The monoisotopic (exact) mass is 340 g/mol. The van der Waals surface area contributed by atoms with Gasteiger partial charge in [0.2, 0.25) is 0 Å². The summed E-state index contributed by atoms with van der Waals surface area (Å²) in [4.78, 5) is 12.3. The third-order valence-electron chi connectivity index (χ3n) is 4.58. The highest BCUT2D eigenvalue weighted by Gasteiger charge is 2.42. The summed E-state index contributed by atoms with van der Waals surface area (Å²) in [6.07, 6.45) is 2.24. The average molecular weight is 340 g/mol. The molecule has 0 aliphatic heterocycles. The summed E-state index contributed by atoms with van der Waals surface area (Å²) >= 11 is 0. The van der Waals surface area contributed by atoms with Gasteiger partial charge in [0.15, 0.2) is 0 Å². The lowest BCUT2D eigenvalue weighted by atomic mass is 9.71. The number of hydrogen-bond donors (Lipinski definition) is 3. The Kier molecular flexibility index (Phi) is 5.48. The molecule has 1 aromatic rings. The van der Waals surface area contributed by atoms with E-state index in [1.165, 1.54) is 12.1 Å². The zero-order chi connectivity index (χ0) is 18.0. The molecule has 1 aliphatic carbocycles. The van der Waals surface area contributed by atoms with Gasteiger partial charge in [0.1, 0.15) is 11.6 Å². The van der Waals surface area contributed by atoms with Gasteiger partial charge in [0.05, 0.1) is 11.6 Å². The Morgan fingerprint density at radius 2 is 2.04 bits per heavy atom. The van der Waals surface area contributed by atoms with Gasteiger partial charge in [-0.3, -0.25) is 0 Å². The Bertz CT molecular complexity index is 599. The molecule has 6 heteroatoms. The van der Waals surface area contributed by atoms with Gasteiger partial charge < -0.3 is 15.7 Å². The van der Waals surface area contributed by atoms with Gasteiger partial charge in [-0.05, 0) is 44.1 Å². The summed E-state index contributed by atoms with van der Waals surface area (Å²) in [5.41, 5.74) is -0.691. The number of nitrogens with one attached hydrogen (secondary N) is 2. The van der Waals surface area contributed by atoms with Gasteiger partial charge >= 0.3 is 6.03 Å². The van der Waals surface area contributed by atoms with E-state index in [0.717, 1.165) is 12.5 Å². The Balaban J connectivity index is 2.01. The lowest BCUT2D eigenvalue weighted by Crippen LogP contribution is -2.55. The summed E-state index contributed by atoms with van der Waals surface area (Å²) in [7, 11) is 0. The van der Waals surface area contributed by atoms with Crippen LogP contribution >= 0.6 is 0 Å². The van der Waals surface area contributed by atoms with Crippen molar-refractivity contribution >= 4 is 6.03 Å². The van der Waals surface area contributed by atoms with E-state index in [4.69, 9.17) is 0 Å². The van der Waals surface area contributed by atoms with Gasteiger partial charge in [0, 0.05) is 18.2 Å². The van der Waals surface area contributed by atoms with Gasteiger partial charge in [0.25, 0.3) is 0 Å². The van der Waals surface area contributed by atoms with Crippen molar-refractivity contribution in [2.24, 2.45) is 5.41 Å². The van der Waals surface area contributed by atoms with E-state index in [2.05, 4.69) is 10.6 Å². The summed E-state index contributed by atoms with van der Waals surface area (Å²) in [6, 6.07) is 3.09. The molecule has 0 spiro atoms. The number of carbonyl (C=O) groups is 1. The van der Waals surface area contributed by atoms with Crippen LogP contribution in [-0.4, -0.2) is 23.8 Å². The number of hydrogen-bond acceptors (Lipinski definition) is 2. The van der Waals surface area contributed by atoms with Crippen molar-refractivity contribution in [3.8, 4) is 0 Å². The smallest absolute Gasteiger partial charge is 0.315 e. The maximum atomic E-state index is 14.1. The first-order valence-corrected chi connectivity index (χ1v) is 8.33. The quantitative estimate of drug-likeness (QED) is 0.743. The molecule has 1 aliphatic rings. The Morgan fingerprint density at radius 3 is 2.54 bits per heavy atom. The molecule has 1 saturated carbocycles. The molecule has 0 heterocycles. The van der Waals surface area contributed by atoms with E-state index < -0.39 is 23.3 Å². The van der Waals surface area contributed by atoms with Crippen molar-refractivity contribution in [2.75, 3.05) is 6.54 Å². The highest BCUT2D eigenvalue weighted by molar-refractivity contribution is 5.75. The van der Waals surface area contributed by atoms with Gasteiger partial charge in [-0.1, -0.05) is 19.9 Å². The Morgan fingerprint density at radius 1 is 1.38 bits per heavy atom. The van der Waals surface area contributed by atoms with E-state index in [-0.39, 0.29) is 11.4 Å². The molecular formula is C18H26F2N2O2. The van der Waals surface area contributed by atoms with E-state index in [1.54, 1.807) is 6.92 Å². The second kappa shape index (κ2) is 7.05. The minimum absolute atomic E-state index is 0.251. The molecule has 24 heavy (non-hydrogen) atoms. The maximum Gasteiger partial charge on any atom is 0.315 e. The van der Waals surface area contributed by atoms with Crippen molar-refractivity contribution in [2.45, 2.75) is 58.1 Å². The molecule has 1 atom stereocenters. The first-order chi connectivity index (χ1) is 11.1. The maximum absolute atomic E-state index is 14.1. The highest BCUT2D eigenvalue weighted by Crippen LogP contribution is 2.42. The van der Waals surface area contributed by atoms with Crippen LogP contribution in [0.1, 0.15) is 52.0 Å². The lowest BCUT2D eigenvalue weighted by Gasteiger charge is -2.43. The largest absolute Gasteiger partial charge is 0.393 e. The Labute approximate surface area is 141 Å². The highest BCUT2D eigenvalue weighted by atomic mass is 19.1. The van der Waals surface area contributed by atoms with Crippen LogP contribution in [0.4, 0.5) is 13.6 Å². The SMILES string of the molecule is CC(O)CC(C)(C)CNC(=O)NC1(c2ccc(F)cc2F)CCC1. The molecule has 1 aromatic carbocycles. The predicted molar refractivity (Wildman–Crippen MR) is 88.5 cm³/mol. The van der Waals surface area contributed by atoms with E-state index in [0.29, 0.717) is 31.4 Å². The molecule has 134 valence electrons. The topological polar surface area (TPSA) is 61.4 Å². The number of aliphatic hydroxyl groups excluding tert-OH is 1. The van der Waals surface area contributed by atoms with Crippen molar-refractivity contribution in [3.63, 3.8) is 0 Å². The third-order valence-corrected chi connectivity index (χ3v) is 4.58. The first kappa shape index (κ1) is 18.6. The normalized spacial score (nSPS) is 17.8. The molecule has 0 aromatic heterocycles. The number of amides is 2. The molecule has 4 nitrogen and oxygen atoms in total. The van der Waals surface area contributed by atoms with E-state index >= 15 is 0 Å². The number of aliphatic hydroxyl groups is 1. The van der Waals surface area contributed by atoms with Crippen molar-refractivity contribution in [1.82, 2.24) is 10.6 Å². The standard InChI is InChI=1S/C18H26F2N2O2/c1-12(23)10-17(2,3)11-21-16(24)22-18(7-4-8-18)14-6-5-13(19)9-15(14)20/h5-6,9,12,23H,4,7-8,10-11H2,1-3H3,(H2,21,22,24). The van der Waals surface area contributed by atoms with Gasteiger partial charge in [-0.2, -0.15) is 0 Å². The fraction of sp³-hybridized carbons (Fsp3) is 0.611. The number of urea groups is 1. The molecule has 2 amide bonds. The third kappa shape index (κ3) is 4.44. The van der Waals surface area contributed by atoms with Crippen LogP contribution in [-0.2, 0) is 5.54 Å².